The second-order valence-electron chi connectivity index (χ2n) is 13.3. The van der Waals surface area contributed by atoms with Crippen LogP contribution in [0.2, 0.25) is 0 Å². The van der Waals surface area contributed by atoms with Gasteiger partial charge in [-0.15, -0.1) is 0 Å². The van der Waals surface area contributed by atoms with Gasteiger partial charge in [-0.3, -0.25) is 9.79 Å². The number of carbonyl (C=O) groups excluding carboxylic acids is 1. The standard InChI is InChI=1S/C43H52N2O3/c1-3-45(30-29-44-32-38-23-13-14-25-41(38)48-33-37-21-11-6-12-22-37)40-24-15-16-34(2)39(27-26-35-17-7-4-8-18-35)42(46)43(40)47-31-28-36-19-9-5-10-20-36/h6-7,11-15,17-18,21-25,29,34,36,39H,3,5,9-10,16,19-20,26-28,30-33H2,1-2H3/b24-15+,43-40-,44-29?/t34?,39-/m0/s1. The molecule has 0 saturated heterocycles. The number of hydrogen-bond acceptors (Lipinski definition) is 5. The lowest BCUT2D eigenvalue weighted by molar-refractivity contribution is -0.124. The van der Waals surface area contributed by atoms with Crippen LogP contribution in [0, 0.1) is 17.8 Å². The quantitative estimate of drug-likeness (QED) is 0.135. The number of benzene rings is 2. The van der Waals surface area contributed by atoms with Crippen LogP contribution in [0.15, 0.2) is 118 Å². The van der Waals surface area contributed by atoms with E-state index in [9.17, 15) is 4.79 Å². The number of carbonyl (C=O) groups is 1. The van der Waals surface area contributed by atoms with Gasteiger partial charge in [-0.1, -0.05) is 111 Å². The summed E-state index contributed by atoms with van der Waals surface area (Å²) >= 11 is 0. The van der Waals surface area contributed by atoms with Gasteiger partial charge >= 0.3 is 0 Å². The number of allylic oxidation sites excluding steroid dienone is 7. The third kappa shape index (κ3) is 10.3. The Morgan fingerprint density at radius 3 is 2.58 bits per heavy atom. The Balaban J connectivity index is 1.30. The smallest absolute Gasteiger partial charge is 0.202 e. The molecule has 2 aromatic rings. The van der Waals surface area contributed by atoms with Gasteiger partial charge in [0.25, 0.3) is 0 Å². The highest BCUT2D eigenvalue weighted by Crippen LogP contribution is 2.33. The molecule has 0 radical (unpaired) electrons. The first-order valence-electron chi connectivity index (χ1n) is 18.0. The molecule has 0 aliphatic heterocycles. The first-order chi connectivity index (χ1) is 23.6. The van der Waals surface area contributed by atoms with Crippen molar-refractivity contribution in [2.45, 2.75) is 84.8 Å². The van der Waals surface area contributed by atoms with E-state index < -0.39 is 0 Å². The molecular formula is C43H52N2O3. The van der Waals surface area contributed by atoms with Crippen molar-refractivity contribution in [2.24, 2.45) is 22.7 Å². The minimum atomic E-state index is -0.112. The Hall–Kier alpha value is -4.30. The monoisotopic (exact) mass is 644 g/mol. The van der Waals surface area contributed by atoms with Crippen molar-refractivity contribution >= 4 is 12.0 Å². The molecule has 0 aromatic heterocycles. The van der Waals surface area contributed by atoms with Gasteiger partial charge < -0.3 is 14.4 Å². The van der Waals surface area contributed by atoms with Gasteiger partial charge in [-0.05, 0) is 79.9 Å². The third-order valence-corrected chi connectivity index (χ3v) is 9.85. The van der Waals surface area contributed by atoms with Crippen LogP contribution in [0.4, 0.5) is 0 Å². The molecule has 1 fully saturated rings. The van der Waals surface area contributed by atoms with Gasteiger partial charge in [-0.25, -0.2) is 0 Å². The van der Waals surface area contributed by atoms with E-state index in [2.05, 4.69) is 66.6 Å². The number of Topliss-reactive ketones (excluding diaryl/α,β-unsaturated/α-hetero) is 1. The Labute approximate surface area is 288 Å². The molecule has 2 aromatic carbocycles. The summed E-state index contributed by atoms with van der Waals surface area (Å²) in [6.07, 6.45) is 22.2. The number of aliphatic imine (C=N–C) groups is 1. The SMILES string of the molecule is CCN(CC=NCc1ccccc1OCc1ccccc1)C1=C(\OCCC2CCCCC2)C(=O)[C@@H](CCC2=CC=C=C=C2)C(C)C\C=C\1. The van der Waals surface area contributed by atoms with Gasteiger partial charge in [0.15, 0.2) is 5.76 Å². The van der Waals surface area contributed by atoms with Gasteiger partial charge in [0.2, 0.25) is 5.78 Å². The van der Waals surface area contributed by atoms with E-state index in [-0.39, 0.29) is 17.6 Å². The first-order valence-corrected chi connectivity index (χ1v) is 18.0. The topological polar surface area (TPSA) is 51.1 Å². The summed E-state index contributed by atoms with van der Waals surface area (Å²) in [5.74, 6) is 2.32. The van der Waals surface area contributed by atoms with Crippen molar-refractivity contribution in [1.82, 2.24) is 4.90 Å². The molecule has 48 heavy (non-hydrogen) atoms. The van der Waals surface area contributed by atoms with Crippen LogP contribution in [0.25, 0.3) is 0 Å². The fraction of sp³-hybridized carbons (Fsp3) is 0.442. The lowest BCUT2D eigenvalue weighted by Gasteiger charge is -2.31. The van der Waals surface area contributed by atoms with Crippen LogP contribution in [-0.4, -0.2) is 36.6 Å². The molecule has 2 atom stereocenters. The summed E-state index contributed by atoms with van der Waals surface area (Å²) in [5, 5.41) is 0. The zero-order valence-electron chi connectivity index (χ0n) is 28.9. The van der Waals surface area contributed by atoms with Gasteiger partial charge in [-0.2, -0.15) is 0 Å². The Bertz CT molecular complexity index is 1560. The van der Waals surface area contributed by atoms with E-state index in [4.69, 9.17) is 14.5 Å². The van der Waals surface area contributed by atoms with Crippen LogP contribution in [0.5, 0.6) is 5.75 Å². The van der Waals surface area contributed by atoms with Gasteiger partial charge in [0.1, 0.15) is 12.4 Å². The maximum absolute atomic E-state index is 14.5. The van der Waals surface area contributed by atoms with E-state index in [1.165, 1.54) is 37.7 Å². The molecule has 0 bridgehead atoms. The minimum absolute atomic E-state index is 0.112. The molecule has 3 aliphatic carbocycles. The molecular weight excluding hydrogens is 592 g/mol. The second kappa shape index (κ2) is 18.9. The summed E-state index contributed by atoms with van der Waals surface area (Å²) in [7, 11) is 0. The fourth-order valence-electron chi connectivity index (χ4n) is 6.89. The van der Waals surface area contributed by atoms with Crippen molar-refractivity contribution in [2.75, 3.05) is 19.7 Å². The lowest BCUT2D eigenvalue weighted by atomic mass is 9.81. The summed E-state index contributed by atoms with van der Waals surface area (Å²) in [5.41, 5.74) is 10.3. The third-order valence-electron chi connectivity index (χ3n) is 9.85. The molecule has 3 aliphatic rings. The zero-order valence-corrected chi connectivity index (χ0v) is 28.9. The van der Waals surface area contributed by atoms with Crippen molar-refractivity contribution in [3.8, 4) is 5.75 Å². The van der Waals surface area contributed by atoms with Gasteiger partial charge in [0, 0.05) is 24.2 Å². The van der Waals surface area contributed by atoms with Crippen molar-refractivity contribution in [3.63, 3.8) is 0 Å². The normalized spacial score (nSPS) is 22.0. The maximum atomic E-state index is 14.5. The zero-order chi connectivity index (χ0) is 33.4. The Morgan fingerprint density at radius 2 is 1.79 bits per heavy atom. The number of ketones is 1. The highest BCUT2D eigenvalue weighted by molar-refractivity contribution is 5.96. The number of nitrogens with zero attached hydrogens (tertiary/aromatic N) is 2. The number of rotatable bonds is 16. The van der Waals surface area contributed by atoms with Crippen LogP contribution in [0.3, 0.4) is 0 Å². The molecule has 252 valence electrons. The van der Waals surface area contributed by atoms with E-state index in [1.807, 2.05) is 54.8 Å². The van der Waals surface area contributed by atoms with E-state index in [0.29, 0.717) is 38.0 Å². The Morgan fingerprint density at radius 1 is 0.979 bits per heavy atom. The molecule has 0 N–H and O–H groups in total. The lowest BCUT2D eigenvalue weighted by Crippen LogP contribution is -2.32. The van der Waals surface area contributed by atoms with Crippen molar-refractivity contribution < 1.29 is 14.3 Å². The van der Waals surface area contributed by atoms with Gasteiger partial charge in [0.05, 0.1) is 25.4 Å². The van der Waals surface area contributed by atoms with Crippen molar-refractivity contribution in [3.05, 3.63) is 125 Å². The fourth-order valence-corrected chi connectivity index (χ4v) is 6.89. The highest BCUT2D eigenvalue weighted by atomic mass is 16.5. The number of para-hydroxylation sites is 1. The first kappa shape index (κ1) is 35.0. The van der Waals surface area contributed by atoms with E-state index in [0.717, 1.165) is 54.8 Å². The van der Waals surface area contributed by atoms with Crippen LogP contribution >= 0.6 is 0 Å². The van der Waals surface area contributed by atoms with Crippen molar-refractivity contribution in [1.29, 1.82) is 0 Å². The molecule has 1 saturated carbocycles. The van der Waals surface area contributed by atoms with E-state index >= 15 is 0 Å². The molecule has 5 heteroatoms. The predicted molar refractivity (Wildman–Crippen MR) is 196 cm³/mol. The summed E-state index contributed by atoms with van der Waals surface area (Å²) in [6.45, 7) is 7.28. The number of hydrogen-bond donors (Lipinski definition) is 0. The number of ether oxygens (including phenoxy) is 2. The average molecular weight is 645 g/mol. The predicted octanol–water partition coefficient (Wildman–Crippen LogP) is 9.72. The molecule has 5 nitrogen and oxygen atoms in total. The Kier molecular flexibility index (Phi) is 13.8. The highest BCUT2D eigenvalue weighted by Gasteiger charge is 2.32. The molecule has 0 spiro atoms. The molecule has 1 unspecified atom stereocenters. The van der Waals surface area contributed by atoms with Crippen LogP contribution in [0.1, 0.15) is 82.8 Å². The molecule has 0 heterocycles. The molecule has 5 rings (SSSR count). The maximum Gasteiger partial charge on any atom is 0.202 e. The molecule has 0 amide bonds. The summed E-state index contributed by atoms with van der Waals surface area (Å²) in [6, 6.07) is 18.3. The second-order valence-corrected chi connectivity index (χ2v) is 13.3. The largest absolute Gasteiger partial charge is 0.489 e. The average Bonchev–Trinajstić information content (AvgIpc) is 3.13. The van der Waals surface area contributed by atoms with Crippen LogP contribution in [-0.2, 0) is 22.7 Å². The van der Waals surface area contributed by atoms with Crippen LogP contribution < -0.4 is 4.74 Å². The summed E-state index contributed by atoms with van der Waals surface area (Å²) in [4.78, 5) is 21.5. The number of likely N-dealkylation sites (N-methyl/N-ethyl adjacent to an activating group) is 1. The minimum Gasteiger partial charge on any atom is -0.489 e. The summed E-state index contributed by atoms with van der Waals surface area (Å²) < 4.78 is 12.7. The van der Waals surface area contributed by atoms with E-state index in [1.54, 1.807) is 0 Å².